The minimum atomic E-state index is 1.19. The molecule has 1 aromatic carbocycles. The molecule has 2 aromatic rings. The number of thiophene rings is 1. The van der Waals surface area contributed by atoms with Gasteiger partial charge in [-0.3, -0.25) is 0 Å². The van der Waals surface area contributed by atoms with E-state index in [1.165, 1.54) is 18.1 Å². The minimum Gasteiger partial charge on any atom is -0.143 e. The molecule has 0 bridgehead atoms. The molecule has 0 saturated carbocycles. The van der Waals surface area contributed by atoms with Gasteiger partial charge in [0.15, 0.2) is 0 Å². The predicted molar refractivity (Wildman–Crippen MR) is 62.2 cm³/mol. The van der Waals surface area contributed by atoms with Crippen molar-refractivity contribution in [2.45, 2.75) is 0 Å². The highest BCUT2D eigenvalue weighted by molar-refractivity contribution is 14.1. The zero-order valence-corrected chi connectivity index (χ0v) is 10.0. The lowest BCUT2D eigenvalue weighted by Crippen LogP contribution is -1.71. The molecule has 3 heteroatoms. The summed E-state index contributed by atoms with van der Waals surface area (Å²) < 4.78 is 3.89. The number of hydrogen-bond donors (Lipinski definition) is 0. The summed E-state index contributed by atoms with van der Waals surface area (Å²) in [6.07, 6.45) is 0. The molecule has 0 atom stereocenters. The highest BCUT2D eigenvalue weighted by Gasteiger charge is 2.01. The fraction of sp³-hybridized carbons (Fsp3) is 0. The van der Waals surface area contributed by atoms with Gasteiger partial charge in [-0.1, -0.05) is 15.9 Å². The zero-order chi connectivity index (χ0) is 7.84. The average Bonchev–Trinajstić information content (AvgIpc) is 2.45. The van der Waals surface area contributed by atoms with Gasteiger partial charge >= 0.3 is 0 Å². The van der Waals surface area contributed by atoms with E-state index in [2.05, 4.69) is 62.1 Å². The van der Waals surface area contributed by atoms with E-state index in [4.69, 9.17) is 0 Å². The van der Waals surface area contributed by atoms with Gasteiger partial charge in [0.2, 0.25) is 0 Å². The first-order chi connectivity index (χ1) is 5.29. The van der Waals surface area contributed by atoms with Crippen LogP contribution in [0.15, 0.2) is 28.1 Å². The minimum absolute atomic E-state index is 1.19. The molecule has 0 saturated heterocycles. The van der Waals surface area contributed by atoms with Crippen LogP contribution in [0.3, 0.4) is 0 Å². The van der Waals surface area contributed by atoms with Gasteiger partial charge in [0, 0.05) is 18.1 Å². The van der Waals surface area contributed by atoms with E-state index in [0.717, 1.165) is 0 Å². The van der Waals surface area contributed by atoms with Crippen LogP contribution >= 0.6 is 49.9 Å². The molecule has 0 N–H and O–H groups in total. The summed E-state index contributed by atoms with van der Waals surface area (Å²) in [5, 5.41) is 3.44. The molecule has 1 aromatic heterocycles. The van der Waals surface area contributed by atoms with Gasteiger partial charge in [-0.25, -0.2) is 0 Å². The molecule has 1 heterocycles. The van der Waals surface area contributed by atoms with Gasteiger partial charge in [-0.15, -0.1) is 11.3 Å². The molecule has 11 heavy (non-hydrogen) atoms. The van der Waals surface area contributed by atoms with Crippen LogP contribution in [0.2, 0.25) is 0 Å². The molecule has 0 aliphatic carbocycles. The number of fused-ring (bicyclic) bond motifs is 1. The molecule has 0 spiro atoms. The first-order valence-electron chi connectivity index (χ1n) is 3.10. The first-order valence-corrected chi connectivity index (χ1v) is 5.85. The van der Waals surface area contributed by atoms with Gasteiger partial charge in [-0.05, 0) is 46.2 Å². The van der Waals surface area contributed by atoms with Crippen LogP contribution in [0.5, 0.6) is 0 Å². The third-order valence-corrected chi connectivity index (χ3v) is 4.42. The molecule has 2 rings (SSSR count). The van der Waals surface area contributed by atoms with Gasteiger partial charge < -0.3 is 0 Å². The standard InChI is InChI=1S/C8H4BrIS/c9-6-1-2-7(10)8-5(6)3-4-11-8/h1-4H. The van der Waals surface area contributed by atoms with Gasteiger partial charge in [0.25, 0.3) is 0 Å². The Bertz CT molecular complexity index is 358. The second-order valence-corrected chi connectivity index (χ2v) is 5.13. The molecular formula is C8H4BrIS. The van der Waals surface area contributed by atoms with Crippen LogP contribution in [-0.4, -0.2) is 0 Å². The van der Waals surface area contributed by atoms with E-state index in [1.807, 2.05) is 0 Å². The lowest BCUT2D eigenvalue weighted by atomic mass is 10.3. The van der Waals surface area contributed by atoms with Gasteiger partial charge in [0.1, 0.15) is 0 Å². The van der Waals surface area contributed by atoms with Crippen LogP contribution in [0.1, 0.15) is 0 Å². The normalized spacial score (nSPS) is 10.7. The molecule has 0 aliphatic rings. The van der Waals surface area contributed by atoms with Crippen LogP contribution < -0.4 is 0 Å². The SMILES string of the molecule is Brc1ccc(I)c2sccc12. The fourth-order valence-electron chi connectivity index (χ4n) is 0.994. The Kier molecular flexibility index (Phi) is 2.21. The van der Waals surface area contributed by atoms with Crippen LogP contribution in [-0.2, 0) is 0 Å². The van der Waals surface area contributed by atoms with Crippen LogP contribution in [0.4, 0.5) is 0 Å². The summed E-state index contributed by atoms with van der Waals surface area (Å²) in [6.45, 7) is 0. The molecule has 0 unspecified atom stereocenters. The Morgan fingerprint density at radius 3 is 2.82 bits per heavy atom. The van der Waals surface area contributed by atoms with E-state index in [0.29, 0.717) is 0 Å². The Morgan fingerprint density at radius 2 is 2.09 bits per heavy atom. The van der Waals surface area contributed by atoms with Crippen molar-refractivity contribution in [1.82, 2.24) is 0 Å². The summed E-state index contributed by atoms with van der Waals surface area (Å²) in [5.74, 6) is 0. The first kappa shape index (κ1) is 8.01. The summed E-state index contributed by atoms with van der Waals surface area (Å²) in [7, 11) is 0. The van der Waals surface area contributed by atoms with Gasteiger partial charge in [0.05, 0.1) is 0 Å². The van der Waals surface area contributed by atoms with Crippen molar-refractivity contribution in [2.24, 2.45) is 0 Å². The Hall–Kier alpha value is 0.390. The third kappa shape index (κ3) is 1.34. The van der Waals surface area contributed by atoms with Crippen molar-refractivity contribution in [3.8, 4) is 0 Å². The Balaban J connectivity index is 2.96. The summed E-state index contributed by atoms with van der Waals surface area (Å²) >= 11 is 7.67. The predicted octanol–water partition coefficient (Wildman–Crippen LogP) is 4.27. The number of halogens is 2. The zero-order valence-electron chi connectivity index (χ0n) is 5.47. The molecule has 0 nitrogen and oxygen atoms in total. The topological polar surface area (TPSA) is 0 Å². The van der Waals surface area contributed by atoms with Crippen molar-refractivity contribution in [3.63, 3.8) is 0 Å². The van der Waals surface area contributed by atoms with E-state index in [1.54, 1.807) is 11.3 Å². The maximum Gasteiger partial charge on any atom is 0.0487 e. The molecular weight excluding hydrogens is 335 g/mol. The summed E-state index contributed by atoms with van der Waals surface area (Å²) in [6, 6.07) is 6.37. The van der Waals surface area contributed by atoms with Crippen molar-refractivity contribution in [3.05, 3.63) is 31.6 Å². The lowest BCUT2D eigenvalue weighted by molar-refractivity contribution is 1.74. The molecule has 0 radical (unpaired) electrons. The number of hydrogen-bond acceptors (Lipinski definition) is 1. The highest BCUT2D eigenvalue weighted by Crippen LogP contribution is 2.31. The number of rotatable bonds is 0. The molecule has 0 aliphatic heterocycles. The van der Waals surface area contributed by atoms with Gasteiger partial charge in [-0.2, -0.15) is 0 Å². The largest absolute Gasteiger partial charge is 0.143 e. The van der Waals surface area contributed by atoms with Crippen molar-refractivity contribution in [1.29, 1.82) is 0 Å². The number of benzene rings is 1. The Labute approximate surface area is 90.9 Å². The second-order valence-electron chi connectivity index (χ2n) is 2.19. The smallest absolute Gasteiger partial charge is 0.0487 e. The molecule has 0 fully saturated rings. The quantitative estimate of drug-likeness (QED) is 0.629. The third-order valence-electron chi connectivity index (χ3n) is 1.52. The van der Waals surface area contributed by atoms with E-state index >= 15 is 0 Å². The average molecular weight is 339 g/mol. The van der Waals surface area contributed by atoms with Crippen molar-refractivity contribution in [2.75, 3.05) is 0 Å². The Morgan fingerprint density at radius 1 is 1.27 bits per heavy atom. The lowest BCUT2D eigenvalue weighted by Gasteiger charge is -1.95. The van der Waals surface area contributed by atoms with Crippen LogP contribution in [0.25, 0.3) is 10.1 Å². The maximum atomic E-state index is 3.51. The van der Waals surface area contributed by atoms with Crippen molar-refractivity contribution < 1.29 is 0 Å². The maximum absolute atomic E-state index is 3.51. The van der Waals surface area contributed by atoms with Crippen LogP contribution in [0, 0.1) is 3.57 Å². The monoisotopic (exact) mass is 338 g/mol. The van der Waals surface area contributed by atoms with E-state index in [-0.39, 0.29) is 0 Å². The fourth-order valence-corrected chi connectivity index (χ4v) is 3.27. The van der Waals surface area contributed by atoms with Crippen molar-refractivity contribution >= 4 is 59.9 Å². The summed E-state index contributed by atoms with van der Waals surface area (Å²) in [4.78, 5) is 0. The molecule has 56 valence electrons. The molecule has 0 amide bonds. The second kappa shape index (κ2) is 3.03. The van der Waals surface area contributed by atoms with E-state index in [9.17, 15) is 0 Å². The highest BCUT2D eigenvalue weighted by atomic mass is 127. The van der Waals surface area contributed by atoms with E-state index < -0.39 is 0 Å². The summed E-state index contributed by atoms with van der Waals surface area (Å²) in [5.41, 5.74) is 0.